The summed E-state index contributed by atoms with van der Waals surface area (Å²) in [6.45, 7) is 4.08. The Bertz CT molecular complexity index is 1220. The molecule has 2 heterocycles. The Morgan fingerprint density at radius 3 is 2.74 bits per heavy atom. The quantitative estimate of drug-likeness (QED) is 0.405. The molecule has 4 rings (SSSR count). The second kappa shape index (κ2) is 8.85. The third-order valence-electron chi connectivity index (χ3n) is 4.92. The van der Waals surface area contributed by atoms with Gasteiger partial charge in [0.05, 0.1) is 10.5 Å². The molecule has 2 aromatic carbocycles. The van der Waals surface area contributed by atoms with Gasteiger partial charge in [0.15, 0.2) is 0 Å². The largest absolute Gasteiger partial charge is 0.348 e. The van der Waals surface area contributed by atoms with Gasteiger partial charge in [0.2, 0.25) is 11.7 Å². The van der Waals surface area contributed by atoms with Crippen LogP contribution in [-0.4, -0.2) is 20.6 Å². The zero-order chi connectivity index (χ0) is 22.0. The Labute approximate surface area is 187 Å². The lowest BCUT2D eigenvalue weighted by atomic mass is 10.1. The Hall–Kier alpha value is -3.26. The minimum atomic E-state index is -0.368. The van der Waals surface area contributed by atoms with Crippen LogP contribution in [0.3, 0.4) is 0 Å². The van der Waals surface area contributed by atoms with Crippen LogP contribution in [-0.2, 0) is 11.3 Å². The van der Waals surface area contributed by atoms with Gasteiger partial charge in [-0.25, -0.2) is 4.39 Å². The molecule has 0 aliphatic carbocycles. The summed E-state index contributed by atoms with van der Waals surface area (Å²) in [5.74, 6) is 0.112. The highest BCUT2D eigenvalue weighted by atomic mass is 79.9. The molecule has 0 spiro atoms. The van der Waals surface area contributed by atoms with E-state index < -0.39 is 0 Å². The molecular formula is C23H20BrFN4O2. The van der Waals surface area contributed by atoms with Gasteiger partial charge in [-0.15, -0.1) is 0 Å². The fourth-order valence-electron chi connectivity index (χ4n) is 3.21. The molecule has 2 aromatic heterocycles. The van der Waals surface area contributed by atoms with Crippen LogP contribution >= 0.6 is 15.9 Å². The average molecular weight is 483 g/mol. The van der Waals surface area contributed by atoms with Crippen LogP contribution in [0.1, 0.15) is 24.1 Å². The van der Waals surface area contributed by atoms with E-state index in [1.807, 2.05) is 44.2 Å². The minimum Gasteiger partial charge on any atom is -0.348 e. The molecule has 0 unspecified atom stereocenters. The molecule has 1 N–H and O–H groups in total. The van der Waals surface area contributed by atoms with Crippen LogP contribution in [0.15, 0.2) is 69.8 Å². The SMILES string of the molecule is Cc1ccc([C@@H](C)NC(=O)Cn2cccc2-c2nc(-c3ccc(F)c(Br)c3)no2)cc1. The number of carbonyl (C=O) groups is 1. The molecule has 0 saturated carbocycles. The molecule has 31 heavy (non-hydrogen) atoms. The molecule has 1 atom stereocenters. The second-order valence-electron chi connectivity index (χ2n) is 7.27. The van der Waals surface area contributed by atoms with Gasteiger partial charge in [0, 0.05) is 11.8 Å². The smallest absolute Gasteiger partial charge is 0.274 e. The number of nitrogens with one attached hydrogen (secondary N) is 1. The van der Waals surface area contributed by atoms with Gasteiger partial charge in [0.25, 0.3) is 5.89 Å². The number of aromatic nitrogens is 3. The number of aryl methyl sites for hydroxylation is 1. The third kappa shape index (κ3) is 4.74. The number of benzene rings is 2. The molecule has 0 saturated heterocycles. The normalized spacial score (nSPS) is 12.0. The highest BCUT2D eigenvalue weighted by molar-refractivity contribution is 9.10. The lowest BCUT2D eigenvalue weighted by Crippen LogP contribution is -2.30. The molecule has 0 radical (unpaired) electrons. The van der Waals surface area contributed by atoms with Crippen LogP contribution in [0.4, 0.5) is 4.39 Å². The number of nitrogens with zero attached hydrogens (tertiary/aromatic N) is 3. The summed E-state index contributed by atoms with van der Waals surface area (Å²) in [6, 6.07) is 16.1. The monoisotopic (exact) mass is 482 g/mol. The lowest BCUT2D eigenvalue weighted by Gasteiger charge is -2.15. The Kier molecular flexibility index (Phi) is 5.99. The predicted molar refractivity (Wildman–Crippen MR) is 119 cm³/mol. The zero-order valence-corrected chi connectivity index (χ0v) is 18.6. The predicted octanol–water partition coefficient (Wildman–Crippen LogP) is 5.29. The minimum absolute atomic E-state index is 0.109. The average Bonchev–Trinajstić information content (AvgIpc) is 3.40. The summed E-state index contributed by atoms with van der Waals surface area (Å²) < 4.78 is 20.9. The summed E-state index contributed by atoms with van der Waals surface area (Å²) in [6.07, 6.45) is 1.78. The summed E-state index contributed by atoms with van der Waals surface area (Å²) in [7, 11) is 0. The fraction of sp³-hybridized carbons (Fsp3) is 0.174. The highest BCUT2D eigenvalue weighted by Crippen LogP contribution is 2.26. The number of carbonyl (C=O) groups excluding carboxylic acids is 1. The summed E-state index contributed by atoms with van der Waals surface area (Å²) in [5.41, 5.74) is 3.45. The van der Waals surface area contributed by atoms with Gasteiger partial charge in [-0.05, 0) is 65.7 Å². The molecule has 0 bridgehead atoms. The van der Waals surface area contributed by atoms with Crippen molar-refractivity contribution in [1.82, 2.24) is 20.0 Å². The van der Waals surface area contributed by atoms with Crippen LogP contribution < -0.4 is 5.32 Å². The van der Waals surface area contributed by atoms with E-state index in [9.17, 15) is 9.18 Å². The summed E-state index contributed by atoms with van der Waals surface area (Å²) in [4.78, 5) is 17.0. The topological polar surface area (TPSA) is 73.0 Å². The number of hydrogen-bond acceptors (Lipinski definition) is 4. The molecule has 8 heteroatoms. The molecule has 1 amide bonds. The Morgan fingerprint density at radius 2 is 2.00 bits per heavy atom. The van der Waals surface area contributed by atoms with Crippen molar-refractivity contribution >= 4 is 21.8 Å². The van der Waals surface area contributed by atoms with Gasteiger partial charge in [0.1, 0.15) is 18.1 Å². The van der Waals surface area contributed by atoms with Gasteiger partial charge in [-0.1, -0.05) is 35.0 Å². The first-order chi connectivity index (χ1) is 14.9. The van der Waals surface area contributed by atoms with E-state index in [4.69, 9.17) is 4.52 Å². The standard InChI is InChI=1S/C23H20BrFN4O2/c1-14-5-7-16(8-6-14)15(2)26-21(30)13-29-11-3-4-20(29)23-27-22(28-31-23)17-9-10-19(25)18(24)12-17/h3-12,15H,13H2,1-2H3,(H,26,30)/t15-/m1/s1. The van der Waals surface area contributed by atoms with Crippen LogP contribution in [0.5, 0.6) is 0 Å². The van der Waals surface area contributed by atoms with Crippen LogP contribution in [0.2, 0.25) is 0 Å². The van der Waals surface area contributed by atoms with E-state index in [0.717, 1.165) is 5.56 Å². The molecule has 0 aliphatic rings. The maximum Gasteiger partial charge on any atom is 0.274 e. The molecule has 0 aliphatic heterocycles. The van der Waals surface area contributed by atoms with E-state index in [0.29, 0.717) is 21.6 Å². The molecule has 6 nitrogen and oxygen atoms in total. The maximum atomic E-state index is 13.5. The molecular weight excluding hydrogens is 463 g/mol. The Balaban J connectivity index is 1.48. The van der Waals surface area contributed by atoms with Gasteiger partial charge < -0.3 is 14.4 Å². The van der Waals surface area contributed by atoms with Crippen molar-refractivity contribution in [3.63, 3.8) is 0 Å². The van der Waals surface area contributed by atoms with Gasteiger partial charge in [-0.2, -0.15) is 4.98 Å². The highest BCUT2D eigenvalue weighted by Gasteiger charge is 2.17. The van der Waals surface area contributed by atoms with Crippen molar-refractivity contribution in [3.8, 4) is 23.0 Å². The first kappa shape index (κ1) is 21.0. The van der Waals surface area contributed by atoms with Crippen molar-refractivity contribution in [3.05, 3.63) is 82.2 Å². The number of hydrogen-bond donors (Lipinski definition) is 1. The van der Waals surface area contributed by atoms with Gasteiger partial charge >= 0.3 is 0 Å². The van der Waals surface area contributed by atoms with Crippen molar-refractivity contribution in [2.45, 2.75) is 26.4 Å². The van der Waals surface area contributed by atoms with E-state index in [-0.39, 0.29) is 30.2 Å². The number of amides is 1. The summed E-state index contributed by atoms with van der Waals surface area (Å²) in [5, 5.41) is 6.99. The van der Waals surface area contributed by atoms with Crippen molar-refractivity contribution in [1.29, 1.82) is 0 Å². The van der Waals surface area contributed by atoms with Crippen LogP contribution in [0.25, 0.3) is 23.0 Å². The summed E-state index contributed by atoms with van der Waals surface area (Å²) >= 11 is 3.16. The van der Waals surface area contributed by atoms with E-state index in [1.165, 1.54) is 11.6 Å². The third-order valence-corrected chi connectivity index (χ3v) is 5.53. The van der Waals surface area contributed by atoms with E-state index in [2.05, 4.69) is 31.4 Å². The van der Waals surface area contributed by atoms with Crippen molar-refractivity contribution < 1.29 is 13.7 Å². The van der Waals surface area contributed by atoms with Gasteiger partial charge in [-0.3, -0.25) is 4.79 Å². The van der Waals surface area contributed by atoms with Crippen molar-refractivity contribution in [2.75, 3.05) is 0 Å². The zero-order valence-electron chi connectivity index (χ0n) is 17.0. The Morgan fingerprint density at radius 1 is 1.23 bits per heavy atom. The molecule has 0 fully saturated rings. The lowest BCUT2D eigenvalue weighted by molar-refractivity contribution is -0.122. The van der Waals surface area contributed by atoms with E-state index in [1.54, 1.807) is 29.0 Å². The van der Waals surface area contributed by atoms with Crippen LogP contribution in [0, 0.1) is 12.7 Å². The first-order valence-corrected chi connectivity index (χ1v) is 10.5. The fourth-order valence-corrected chi connectivity index (χ4v) is 3.59. The molecule has 158 valence electrons. The second-order valence-corrected chi connectivity index (χ2v) is 8.13. The number of rotatable bonds is 6. The van der Waals surface area contributed by atoms with Crippen molar-refractivity contribution in [2.24, 2.45) is 0 Å². The van der Waals surface area contributed by atoms with E-state index >= 15 is 0 Å². The maximum absolute atomic E-state index is 13.5. The molecule has 4 aromatic rings. The number of halogens is 2. The first-order valence-electron chi connectivity index (χ1n) is 9.71.